The molecule has 6 heteroatoms. The Morgan fingerprint density at radius 1 is 1.38 bits per heavy atom. The fraction of sp³-hybridized carbons (Fsp3) is 0.300. The highest BCUT2D eigenvalue weighted by atomic mass is 79.9. The summed E-state index contributed by atoms with van der Waals surface area (Å²) in [4.78, 5) is 0. The van der Waals surface area contributed by atoms with Crippen LogP contribution in [0.15, 0.2) is 18.2 Å². The van der Waals surface area contributed by atoms with Crippen molar-refractivity contribution >= 4 is 15.9 Å². The van der Waals surface area contributed by atoms with Crippen LogP contribution in [-0.2, 0) is 6.42 Å². The monoisotopic (exact) mass is 293 g/mol. The summed E-state index contributed by atoms with van der Waals surface area (Å²) in [5.41, 5.74) is 0.547. The first-order valence-corrected chi connectivity index (χ1v) is 5.43. The second kappa shape index (κ2) is 5.21. The summed E-state index contributed by atoms with van der Waals surface area (Å²) >= 11 is 3.13. The Bertz CT molecular complexity index is 412. The molecule has 0 aliphatic heterocycles. The first kappa shape index (κ1) is 12.8. The van der Waals surface area contributed by atoms with Crippen LogP contribution in [-0.4, -0.2) is 11.7 Å². The number of aryl methyl sites for hydroxylation is 1. The van der Waals surface area contributed by atoms with Crippen LogP contribution >= 0.6 is 15.9 Å². The van der Waals surface area contributed by atoms with Gasteiger partial charge in [0.25, 0.3) is 0 Å². The van der Waals surface area contributed by atoms with Gasteiger partial charge in [-0.05, 0) is 24.1 Å². The number of hydrogen-bond donors (Lipinski definition) is 0. The van der Waals surface area contributed by atoms with Gasteiger partial charge in [-0.3, -0.25) is 0 Å². The van der Waals surface area contributed by atoms with Crippen molar-refractivity contribution < 1.29 is 17.9 Å². The quantitative estimate of drug-likeness (QED) is 0.800. The van der Waals surface area contributed by atoms with Crippen molar-refractivity contribution in [2.75, 3.05) is 5.33 Å². The fourth-order valence-electron chi connectivity index (χ4n) is 1.15. The Morgan fingerprint density at radius 2 is 2.06 bits per heavy atom. The van der Waals surface area contributed by atoms with Crippen molar-refractivity contribution in [2.24, 2.45) is 0 Å². The summed E-state index contributed by atoms with van der Waals surface area (Å²) < 4.78 is 40.1. The zero-order chi connectivity index (χ0) is 12.2. The lowest BCUT2D eigenvalue weighted by Crippen LogP contribution is -2.18. The summed E-state index contributed by atoms with van der Waals surface area (Å²) in [6.07, 6.45) is -4.34. The number of nitrogens with zero attached hydrogens (tertiary/aromatic N) is 1. The summed E-state index contributed by atoms with van der Waals surface area (Å²) in [5, 5.41) is 9.11. The van der Waals surface area contributed by atoms with E-state index in [9.17, 15) is 13.2 Å². The maximum atomic E-state index is 12.1. The smallest absolute Gasteiger partial charge is 0.405 e. The second-order valence-electron chi connectivity index (χ2n) is 2.92. The molecule has 1 aromatic rings. The van der Waals surface area contributed by atoms with Crippen molar-refractivity contribution in [3.63, 3.8) is 0 Å². The normalized spacial score (nSPS) is 10.9. The summed E-state index contributed by atoms with van der Waals surface area (Å²) in [6, 6.07) is 5.77. The van der Waals surface area contributed by atoms with Crippen molar-refractivity contribution in [3.05, 3.63) is 29.3 Å². The molecular formula is C10H7BrF3NO. The summed E-state index contributed by atoms with van der Waals surface area (Å²) in [6.45, 7) is 0. The number of halogens is 4. The molecule has 16 heavy (non-hydrogen) atoms. The molecule has 0 atom stereocenters. The lowest BCUT2D eigenvalue weighted by atomic mass is 10.1. The average Bonchev–Trinajstić information content (AvgIpc) is 2.18. The Morgan fingerprint density at radius 3 is 2.56 bits per heavy atom. The van der Waals surface area contributed by atoms with Crippen LogP contribution in [0.2, 0.25) is 0 Å². The molecule has 1 rings (SSSR count). The molecule has 2 nitrogen and oxygen atoms in total. The van der Waals surface area contributed by atoms with E-state index >= 15 is 0 Å². The highest BCUT2D eigenvalue weighted by Gasteiger charge is 2.32. The van der Waals surface area contributed by atoms with Crippen LogP contribution in [0.25, 0.3) is 0 Å². The van der Waals surface area contributed by atoms with Crippen LogP contribution in [0.1, 0.15) is 11.1 Å². The van der Waals surface area contributed by atoms with E-state index in [2.05, 4.69) is 20.7 Å². The molecule has 0 saturated carbocycles. The van der Waals surface area contributed by atoms with Crippen LogP contribution in [0.3, 0.4) is 0 Å². The number of alkyl halides is 4. The van der Waals surface area contributed by atoms with E-state index in [-0.39, 0.29) is 11.3 Å². The Balaban J connectivity index is 3.06. The molecular weight excluding hydrogens is 287 g/mol. The zero-order valence-corrected chi connectivity index (χ0v) is 9.60. The minimum atomic E-state index is -4.74. The first-order chi connectivity index (χ1) is 7.46. The molecule has 0 aromatic heterocycles. The predicted octanol–water partition coefficient (Wildman–Crippen LogP) is 3.39. The molecule has 86 valence electrons. The largest absolute Gasteiger partial charge is 0.573 e. The topological polar surface area (TPSA) is 33.0 Å². The SMILES string of the molecule is N#Cc1ccc(CCBr)c(OC(F)(F)F)c1. The van der Waals surface area contributed by atoms with Gasteiger partial charge in [0.1, 0.15) is 5.75 Å². The molecule has 0 saturated heterocycles. The average molecular weight is 294 g/mol. The standard InChI is InChI=1S/C10H7BrF3NO/c11-4-3-8-2-1-7(6-15)5-9(8)16-10(12,13)14/h1-2,5H,3-4H2. The lowest BCUT2D eigenvalue weighted by Gasteiger charge is -2.12. The van der Waals surface area contributed by atoms with Crippen LogP contribution in [0, 0.1) is 11.3 Å². The molecule has 0 fully saturated rings. The van der Waals surface area contributed by atoms with E-state index in [0.717, 1.165) is 6.07 Å². The van der Waals surface area contributed by atoms with Gasteiger partial charge in [0.2, 0.25) is 0 Å². The number of nitriles is 1. The summed E-state index contributed by atoms with van der Waals surface area (Å²) in [5.74, 6) is -0.314. The Labute approximate surface area is 98.8 Å². The molecule has 0 heterocycles. The van der Waals surface area contributed by atoms with Crippen molar-refractivity contribution in [1.29, 1.82) is 5.26 Å². The molecule has 0 spiro atoms. The fourth-order valence-corrected chi connectivity index (χ4v) is 1.58. The number of benzene rings is 1. The van der Waals surface area contributed by atoms with Gasteiger partial charge >= 0.3 is 6.36 Å². The van der Waals surface area contributed by atoms with Crippen molar-refractivity contribution in [1.82, 2.24) is 0 Å². The van der Waals surface area contributed by atoms with Crippen LogP contribution in [0.4, 0.5) is 13.2 Å². The third-order valence-electron chi connectivity index (χ3n) is 1.79. The highest BCUT2D eigenvalue weighted by molar-refractivity contribution is 9.09. The third kappa shape index (κ3) is 3.74. The van der Waals surface area contributed by atoms with Gasteiger partial charge in [0.15, 0.2) is 0 Å². The third-order valence-corrected chi connectivity index (χ3v) is 2.18. The molecule has 0 amide bonds. The first-order valence-electron chi connectivity index (χ1n) is 4.31. The molecule has 0 N–H and O–H groups in total. The van der Waals surface area contributed by atoms with E-state index in [4.69, 9.17) is 5.26 Å². The number of hydrogen-bond acceptors (Lipinski definition) is 2. The lowest BCUT2D eigenvalue weighted by molar-refractivity contribution is -0.274. The molecule has 0 radical (unpaired) electrons. The van der Waals surface area contributed by atoms with E-state index in [1.165, 1.54) is 12.1 Å². The van der Waals surface area contributed by atoms with Gasteiger partial charge in [-0.2, -0.15) is 5.26 Å². The van der Waals surface area contributed by atoms with Gasteiger partial charge in [-0.1, -0.05) is 22.0 Å². The van der Waals surface area contributed by atoms with E-state index in [1.54, 1.807) is 6.07 Å². The maximum absolute atomic E-state index is 12.1. The minimum Gasteiger partial charge on any atom is -0.405 e. The molecule has 0 bridgehead atoms. The van der Waals surface area contributed by atoms with Crippen LogP contribution < -0.4 is 4.74 Å². The minimum absolute atomic E-state index is 0.137. The van der Waals surface area contributed by atoms with E-state index in [0.29, 0.717) is 17.3 Å². The van der Waals surface area contributed by atoms with Gasteiger partial charge < -0.3 is 4.74 Å². The van der Waals surface area contributed by atoms with Crippen LogP contribution in [0.5, 0.6) is 5.75 Å². The number of rotatable bonds is 3. The van der Waals surface area contributed by atoms with Crippen molar-refractivity contribution in [3.8, 4) is 11.8 Å². The highest BCUT2D eigenvalue weighted by Crippen LogP contribution is 2.28. The van der Waals surface area contributed by atoms with Crippen molar-refractivity contribution in [2.45, 2.75) is 12.8 Å². The number of ether oxygens (including phenoxy) is 1. The van der Waals surface area contributed by atoms with Gasteiger partial charge in [0, 0.05) is 5.33 Å². The molecule has 1 aromatic carbocycles. The second-order valence-corrected chi connectivity index (χ2v) is 3.71. The molecule has 0 aliphatic rings. The van der Waals surface area contributed by atoms with Gasteiger partial charge in [-0.25, -0.2) is 0 Å². The zero-order valence-electron chi connectivity index (χ0n) is 8.01. The molecule has 0 unspecified atom stereocenters. The Hall–Kier alpha value is -1.22. The van der Waals surface area contributed by atoms with E-state index in [1.807, 2.05) is 0 Å². The predicted molar refractivity (Wildman–Crippen MR) is 55.3 cm³/mol. The van der Waals surface area contributed by atoms with Gasteiger partial charge in [-0.15, -0.1) is 13.2 Å². The van der Waals surface area contributed by atoms with Gasteiger partial charge in [0.05, 0.1) is 11.6 Å². The summed E-state index contributed by atoms with van der Waals surface area (Å²) in [7, 11) is 0. The maximum Gasteiger partial charge on any atom is 0.573 e. The molecule has 0 aliphatic carbocycles. The Kier molecular flexibility index (Phi) is 4.19. The van der Waals surface area contributed by atoms with E-state index < -0.39 is 6.36 Å².